The summed E-state index contributed by atoms with van der Waals surface area (Å²) in [6.45, 7) is 0. The smallest absolute Gasteiger partial charge is 0.337 e. The van der Waals surface area contributed by atoms with Gasteiger partial charge in [-0.2, -0.15) is 0 Å². The van der Waals surface area contributed by atoms with Crippen LogP contribution in [0.2, 0.25) is 5.02 Å². The summed E-state index contributed by atoms with van der Waals surface area (Å²) in [5, 5.41) is 3.00. The van der Waals surface area contributed by atoms with Crippen molar-refractivity contribution in [3.05, 3.63) is 82.8 Å². The van der Waals surface area contributed by atoms with Crippen LogP contribution in [0.1, 0.15) is 26.5 Å². The van der Waals surface area contributed by atoms with Crippen molar-refractivity contribution >= 4 is 40.9 Å². The quantitative estimate of drug-likeness (QED) is 0.450. The molecule has 1 heterocycles. The first kappa shape index (κ1) is 19.1. The lowest BCUT2D eigenvalue weighted by atomic mass is 10.2. The first-order valence-corrected chi connectivity index (χ1v) is 9.38. The first-order valence-electron chi connectivity index (χ1n) is 8.02. The number of furan rings is 1. The molecule has 7 heteroatoms. The fourth-order valence-electron chi connectivity index (χ4n) is 2.37. The fraction of sp³-hybridized carbons (Fsp3) is 0.100. The van der Waals surface area contributed by atoms with Crippen molar-refractivity contribution in [3.63, 3.8) is 0 Å². The lowest BCUT2D eigenvalue weighted by molar-refractivity contribution is 0.0600. The van der Waals surface area contributed by atoms with Gasteiger partial charge in [-0.1, -0.05) is 29.8 Å². The van der Waals surface area contributed by atoms with E-state index in [1.54, 1.807) is 17.8 Å². The third-order valence-electron chi connectivity index (χ3n) is 3.73. The maximum atomic E-state index is 12.6. The van der Waals surface area contributed by atoms with Crippen molar-refractivity contribution in [3.8, 4) is 0 Å². The molecule has 0 saturated carbocycles. The summed E-state index contributed by atoms with van der Waals surface area (Å²) in [6.07, 6.45) is 1.47. The van der Waals surface area contributed by atoms with Crippen LogP contribution in [0.4, 0.5) is 5.69 Å². The van der Waals surface area contributed by atoms with Crippen LogP contribution in [0.25, 0.3) is 0 Å². The Bertz CT molecular complexity index is 956. The zero-order valence-corrected chi connectivity index (χ0v) is 16.0. The molecule has 0 aliphatic rings. The Kier molecular flexibility index (Phi) is 6.21. The number of carbonyl (C=O) groups excluding carboxylic acids is 2. The SMILES string of the molecule is COC(=O)c1ccc(Cl)c(NC(=O)c2occc2CSc2ccccc2)c1. The summed E-state index contributed by atoms with van der Waals surface area (Å²) in [6, 6.07) is 16.2. The first-order chi connectivity index (χ1) is 13.1. The second kappa shape index (κ2) is 8.79. The zero-order valence-electron chi connectivity index (χ0n) is 14.4. The molecule has 0 unspecified atom stereocenters. The van der Waals surface area contributed by atoms with Crippen molar-refractivity contribution in [2.24, 2.45) is 0 Å². The predicted octanol–water partition coefficient (Wildman–Crippen LogP) is 5.26. The molecule has 0 aliphatic heterocycles. The molecule has 0 bridgehead atoms. The number of nitrogens with one attached hydrogen (secondary N) is 1. The Morgan fingerprint density at radius 1 is 1.15 bits per heavy atom. The Morgan fingerprint density at radius 3 is 2.67 bits per heavy atom. The monoisotopic (exact) mass is 401 g/mol. The molecule has 0 atom stereocenters. The van der Waals surface area contributed by atoms with E-state index < -0.39 is 11.9 Å². The molecule has 1 amide bonds. The molecule has 2 aromatic carbocycles. The van der Waals surface area contributed by atoms with Crippen molar-refractivity contribution in [2.45, 2.75) is 10.6 Å². The number of methoxy groups -OCH3 is 1. The van der Waals surface area contributed by atoms with Crippen molar-refractivity contribution in [1.82, 2.24) is 0 Å². The van der Waals surface area contributed by atoms with E-state index in [-0.39, 0.29) is 11.3 Å². The number of carbonyl (C=O) groups is 2. The largest absolute Gasteiger partial charge is 0.465 e. The van der Waals surface area contributed by atoms with Gasteiger partial charge in [0.2, 0.25) is 0 Å². The van der Waals surface area contributed by atoms with Crippen LogP contribution < -0.4 is 5.32 Å². The highest BCUT2D eigenvalue weighted by molar-refractivity contribution is 7.98. The topological polar surface area (TPSA) is 68.5 Å². The van der Waals surface area contributed by atoms with Gasteiger partial charge < -0.3 is 14.5 Å². The molecule has 1 aromatic heterocycles. The summed E-state index contributed by atoms with van der Waals surface area (Å²) in [7, 11) is 1.29. The van der Waals surface area contributed by atoms with Gasteiger partial charge in [0.1, 0.15) is 0 Å². The molecule has 3 aromatic rings. The van der Waals surface area contributed by atoms with Gasteiger partial charge in [0.25, 0.3) is 5.91 Å². The summed E-state index contributed by atoms with van der Waals surface area (Å²) >= 11 is 7.73. The van der Waals surface area contributed by atoms with Crippen LogP contribution in [0.5, 0.6) is 0 Å². The number of thioether (sulfide) groups is 1. The Hall–Kier alpha value is -2.70. The Morgan fingerprint density at radius 2 is 1.93 bits per heavy atom. The van der Waals surface area contributed by atoms with E-state index >= 15 is 0 Å². The van der Waals surface area contributed by atoms with Crippen molar-refractivity contribution in [1.29, 1.82) is 0 Å². The fourth-order valence-corrected chi connectivity index (χ4v) is 3.44. The lowest BCUT2D eigenvalue weighted by Gasteiger charge is -2.09. The van der Waals surface area contributed by atoms with E-state index in [4.69, 9.17) is 16.0 Å². The zero-order chi connectivity index (χ0) is 19.2. The van der Waals surface area contributed by atoms with E-state index in [1.807, 2.05) is 30.3 Å². The molecule has 0 radical (unpaired) electrons. The minimum atomic E-state index is -0.514. The highest BCUT2D eigenvalue weighted by Crippen LogP contribution is 2.27. The van der Waals surface area contributed by atoms with Crippen LogP contribution in [0, 0.1) is 0 Å². The van der Waals surface area contributed by atoms with Crippen LogP contribution in [-0.2, 0) is 10.5 Å². The molecule has 0 fully saturated rings. The number of halogens is 1. The third kappa shape index (κ3) is 4.72. The Balaban J connectivity index is 1.74. The van der Waals surface area contributed by atoms with Gasteiger partial charge in [0.05, 0.1) is 29.6 Å². The standard InChI is InChI=1S/C20H16ClNO4S/c1-25-20(24)13-7-8-16(21)17(11-13)22-19(23)18-14(9-10-26-18)12-27-15-5-3-2-4-6-15/h2-11H,12H2,1H3,(H,22,23). The minimum absolute atomic E-state index is 0.206. The molecule has 27 heavy (non-hydrogen) atoms. The lowest BCUT2D eigenvalue weighted by Crippen LogP contribution is -2.14. The van der Waals surface area contributed by atoms with E-state index in [0.29, 0.717) is 16.5 Å². The number of benzene rings is 2. The number of amides is 1. The van der Waals surface area contributed by atoms with E-state index in [2.05, 4.69) is 10.1 Å². The summed E-state index contributed by atoms with van der Waals surface area (Å²) < 4.78 is 10.1. The van der Waals surface area contributed by atoms with Crippen LogP contribution in [0.15, 0.2) is 70.2 Å². The normalized spacial score (nSPS) is 10.4. The highest BCUT2D eigenvalue weighted by atomic mass is 35.5. The van der Waals surface area contributed by atoms with Crippen molar-refractivity contribution < 1.29 is 18.7 Å². The van der Waals surface area contributed by atoms with Gasteiger partial charge in [0.15, 0.2) is 5.76 Å². The number of rotatable bonds is 6. The van der Waals surface area contributed by atoms with Crippen LogP contribution in [-0.4, -0.2) is 19.0 Å². The Labute approximate surface area is 165 Å². The summed E-state index contributed by atoms with van der Waals surface area (Å²) in [5.74, 6) is -0.162. The number of anilines is 1. The van der Waals surface area contributed by atoms with Gasteiger partial charge in [-0.25, -0.2) is 4.79 Å². The van der Waals surface area contributed by atoms with E-state index in [0.717, 1.165) is 10.5 Å². The minimum Gasteiger partial charge on any atom is -0.465 e. The average Bonchev–Trinajstić information content (AvgIpc) is 3.17. The molecule has 0 aliphatic carbocycles. The maximum absolute atomic E-state index is 12.6. The molecule has 0 spiro atoms. The molecule has 5 nitrogen and oxygen atoms in total. The third-order valence-corrected chi connectivity index (χ3v) is 5.12. The molecular formula is C20H16ClNO4S. The summed E-state index contributed by atoms with van der Waals surface area (Å²) in [4.78, 5) is 25.4. The molecule has 138 valence electrons. The summed E-state index contributed by atoms with van der Waals surface area (Å²) in [5.41, 5.74) is 1.36. The number of esters is 1. The highest BCUT2D eigenvalue weighted by Gasteiger charge is 2.18. The number of hydrogen-bond acceptors (Lipinski definition) is 5. The molecule has 0 saturated heterocycles. The number of ether oxygens (including phenoxy) is 1. The van der Waals surface area contributed by atoms with Gasteiger partial charge in [-0.3, -0.25) is 4.79 Å². The molecule has 1 N–H and O–H groups in total. The van der Waals surface area contributed by atoms with Crippen LogP contribution >= 0.6 is 23.4 Å². The van der Waals surface area contributed by atoms with E-state index in [9.17, 15) is 9.59 Å². The van der Waals surface area contributed by atoms with E-state index in [1.165, 1.54) is 31.6 Å². The van der Waals surface area contributed by atoms with Gasteiger partial charge in [-0.05, 0) is 36.4 Å². The van der Waals surface area contributed by atoms with Crippen LogP contribution in [0.3, 0.4) is 0 Å². The molecular weight excluding hydrogens is 386 g/mol. The number of hydrogen-bond donors (Lipinski definition) is 1. The maximum Gasteiger partial charge on any atom is 0.337 e. The molecule has 3 rings (SSSR count). The second-order valence-electron chi connectivity index (χ2n) is 5.52. The average molecular weight is 402 g/mol. The second-order valence-corrected chi connectivity index (χ2v) is 6.97. The van der Waals surface area contributed by atoms with Gasteiger partial charge in [0, 0.05) is 16.2 Å². The van der Waals surface area contributed by atoms with Crippen molar-refractivity contribution in [2.75, 3.05) is 12.4 Å². The van der Waals surface area contributed by atoms with Gasteiger partial charge in [-0.15, -0.1) is 11.8 Å². The van der Waals surface area contributed by atoms with Gasteiger partial charge >= 0.3 is 5.97 Å². The predicted molar refractivity (Wildman–Crippen MR) is 105 cm³/mol.